The molecule has 1 atom stereocenters. The van der Waals surface area contributed by atoms with E-state index in [4.69, 9.17) is 0 Å². The van der Waals surface area contributed by atoms with Gasteiger partial charge in [-0.25, -0.2) is 0 Å². The van der Waals surface area contributed by atoms with Gasteiger partial charge in [-0.1, -0.05) is 40.5 Å². The molecule has 0 saturated carbocycles. The molecule has 0 radical (unpaired) electrons. The first-order valence-corrected chi connectivity index (χ1v) is 5.84. The highest BCUT2D eigenvalue weighted by molar-refractivity contribution is 4.66. The predicted octanol–water partition coefficient (Wildman–Crippen LogP) is 2.56. The lowest BCUT2D eigenvalue weighted by molar-refractivity contribution is 0.150. The smallest absolute Gasteiger partial charge is 0.0552 e. The lowest BCUT2D eigenvalue weighted by Crippen LogP contribution is -2.29. The molecule has 86 valence electrons. The molecular weight excluding hydrogens is 174 g/mol. The number of hydrogen-bond donors (Lipinski definition) is 2. The van der Waals surface area contributed by atoms with Crippen LogP contribution in [0.4, 0.5) is 0 Å². The topological polar surface area (TPSA) is 32.3 Å². The van der Waals surface area contributed by atoms with E-state index in [1.807, 2.05) is 0 Å². The van der Waals surface area contributed by atoms with E-state index >= 15 is 0 Å². The maximum Gasteiger partial charge on any atom is 0.0552 e. The molecule has 2 heteroatoms. The summed E-state index contributed by atoms with van der Waals surface area (Å²) in [7, 11) is 0. The fourth-order valence-corrected chi connectivity index (χ4v) is 1.32. The molecular formula is C12H27NO. The lowest BCUT2D eigenvalue weighted by atomic mass is 9.97. The molecule has 0 saturated heterocycles. The minimum Gasteiger partial charge on any atom is -0.393 e. The van der Waals surface area contributed by atoms with Crippen molar-refractivity contribution in [2.45, 2.75) is 59.5 Å². The summed E-state index contributed by atoms with van der Waals surface area (Å²) in [6.07, 6.45) is 4.04. The summed E-state index contributed by atoms with van der Waals surface area (Å²) >= 11 is 0. The van der Waals surface area contributed by atoms with Crippen molar-refractivity contribution in [2.75, 3.05) is 13.1 Å². The molecule has 0 fully saturated rings. The highest BCUT2D eigenvalue weighted by Crippen LogP contribution is 2.10. The highest BCUT2D eigenvalue weighted by atomic mass is 16.3. The zero-order valence-electron chi connectivity index (χ0n) is 10.3. The van der Waals surface area contributed by atoms with Crippen molar-refractivity contribution < 1.29 is 5.11 Å². The van der Waals surface area contributed by atoms with E-state index < -0.39 is 0 Å². The SMILES string of the molecule is CCCC[C@@H](O)CCNCC(C)(C)C. The minimum absolute atomic E-state index is 0.109. The Kier molecular flexibility index (Phi) is 7.20. The highest BCUT2D eigenvalue weighted by Gasteiger charge is 2.09. The van der Waals surface area contributed by atoms with Crippen molar-refractivity contribution in [3.05, 3.63) is 0 Å². The predicted molar refractivity (Wildman–Crippen MR) is 62.5 cm³/mol. The van der Waals surface area contributed by atoms with Crippen LogP contribution in [0.15, 0.2) is 0 Å². The Labute approximate surface area is 89.1 Å². The Hall–Kier alpha value is -0.0800. The molecule has 0 aromatic heterocycles. The maximum absolute atomic E-state index is 9.57. The molecule has 14 heavy (non-hydrogen) atoms. The third kappa shape index (κ3) is 10.0. The van der Waals surface area contributed by atoms with Crippen LogP contribution in [0.2, 0.25) is 0 Å². The van der Waals surface area contributed by atoms with Crippen LogP contribution < -0.4 is 5.32 Å². The fraction of sp³-hybridized carbons (Fsp3) is 1.00. The first kappa shape index (κ1) is 13.9. The van der Waals surface area contributed by atoms with Gasteiger partial charge in [0.15, 0.2) is 0 Å². The van der Waals surface area contributed by atoms with Crippen molar-refractivity contribution in [1.29, 1.82) is 0 Å². The van der Waals surface area contributed by atoms with Crippen molar-refractivity contribution >= 4 is 0 Å². The maximum atomic E-state index is 9.57. The first-order chi connectivity index (χ1) is 6.45. The monoisotopic (exact) mass is 201 g/mol. The zero-order chi connectivity index (χ0) is 11.0. The second-order valence-corrected chi connectivity index (χ2v) is 5.32. The number of nitrogens with one attached hydrogen (secondary N) is 1. The lowest BCUT2D eigenvalue weighted by Gasteiger charge is -2.19. The van der Waals surface area contributed by atoms with Crippen molar-refractivity contribution in [2.24, 2.45) is 5.41 Å². The van der Waals surface area contributed by atoms with Gasteiger partial charge in [0.2, 0.25) is 0 Å². The van der Waals surface area contributed by atoms with Crippen LogP contribution in [0.25, 0.3) is 0 Å². The number of unbranched alkanes of at least 4 members (excludes halogenated alkanes) is 1. The van der Waals surface area contributed by atoms with Crippen LogP contribution in [0.5, 0.6) is 0 Å². The van der Waals surface area contributed by atoms with E-state index in [0.29, 0.717) is 5.41 Å². The van der Waals surface area contributed by atoms with Gasteiger partial charge >= 0.3 is 0 Å². The third-order valence-electron chi connectivity index (χ3n) is 2.20. The van der Waals surface area contributed by atoms with Gasteiger partial charge in [-0.3, -0.25) is 0 Å². The van der Waals surface area contributed by atoms with Gasteiger partial charge in [0.25, 0.3) is 0 Å². The summed E-state index contributed by atoms with van der Waals surface area (Å²) in [6.45, 7) is 10.8. The first-order valence-electron chi connectivity index (χ1n) is 5.84. The quantitative estimate of drug-likeness (QED) is 0.620. The standard InChI is InChI=1S/C12H27NO/c1-5-6-7-11(14)8-9-13-10-12(2,3)4/h11,13-14H,5-10H2,1-4H3/t11-/m1/s1. The molecule has 0 aliphatic rings. The number of hydrogen-bond acceptors (Lipinski definition) is 2. The van der Waals surface area contributed by atoms with Crippen LogP contribution in [0.1, 0.15) is 53.4 Å². The molecule has 2 N–H and O–H groups in total. The van der Waals surface area contributed by atoms with Crippen molar-refractivity contribution in [3.63, 3.8) is 0 Å². The van der Waals surface area contributed by atoms with Gasteiger partial charge in [0.1, 0.15) is 0 Å². The molecule has 0 aromatic rings. The fourth-order valence-electron chi connectivity index (χ4n) is 1.32. The molecule has 0 aromatic carbocycles. The second kappa shape index (κ2) is 7.24. The molecule has 0 heterocycles. The van der Waals surface area contributed by atoms with E-state index in [1.54, 1.807) is 0 Å². The normalized spacial score (nSPS) is 14.4. The molecule has 0 amide bonds. The number of aliphatic hydroxyl groups is 1. The van der Waals surface area contributed by atoms with Gasteiger partial charge < -0.3 is 10.4 Å². The summed E-state index contributed by atoms with van der Waals surface area (Å²) in [5.74, 6) is 0. The Morgan fingerprint density at radius 1 is 1.21 bits per heavy atom. The zero-order valence-corrected chi connectivity index (χ0v) is 10.3. The summed E-state index contributed by atoms with van der Waals surface area (Å²) in [6, 6.07) is 0. The van der Waals surface area contributed by atoms with E-state index in [1.165, 1.54) is 6.42 Å². The minimum atomic E-state index is -0.109. The van der Waals surface area contributed by atoms with Crippen LogP contribution in [0, 0.1) is 5.41 Å². The summed E-state index contributed by atoms with van der Waals surface area (Å²) in [5, 5.41) is 12.9. The summed E-state index contributed by atoms with van der Waals surface area (Å²) in [5.41, 5.74) is 0.342. The van der Waals surface area contributed by atoms with Crippen LogP contribution in [-0.4, -0.2) is 24.3 Å². The van der Waals surface area contributed by atoms with E-state index in [-0.39, 0.29) is 6.10 Å². The van der Waals surface area contributed by atoms with E-state index in [9.17, 15) is 5.11 Å². The molecule has 2 nitrogen and oxygen atoms in total. The van der Waals surface area contributed by atoms with Crippen LogP contribution >= 0.6 is 0 Å². The molecule has 0 bridgehead atoms. The van der Waals surface area contributed by atoms with Gasteiger partial charge in [-0.2, -0.15) is 0 Å². The van der Waals surface area contributed by atoms with Gasteiger partial charge in [0, 0.05) is 0 Å². The van der Waals surface area contributed by atoms with Crippen LogP contribution in [-0.2, 0) is 0 Å². The third-order valence-corrected chi connectivity index (χ3v) is 2.20. The molecule has 0 spiro atoms. The van der Waals surface area contributed by atoms with E-state index in [0.717, 1.165) is 32.4 Å². The molecule has 0 aliphatic carbocycles. The van der Waals surface area contributed by atoms with Gasteiger partial charge in [-0.05, 0) is 31.3 Å². The second-order valence-electron chi connectivity index (χ2n) is 5.32. The number of rotatable bonds is 7. The Morgan fingerprint density at radius 3 is 2.36 bits per heavy atom. The average Bonchev–Trinajstić information content (AvgIpc) is 2.07. The van der Waals surface area contributed by atoms with E-state index in [2.05, 4.69) is 33.0 Å². The number of aliphatic hydroxyl groups excluding tert-OH is 1. The van der Waals surface area contributed by atoms with Gasteiger partial charge in [-0.15, -0.1) is 0 Å². The Bertz CT molecular complexity index is 129. The molecule has 0 unspecified atom stereocenters. The van der Waals surface area contributed by atoms with Crippen molar-refractivity contribution in [3.8, 4) is 0 Å². The Morgan fingerprint density at radius 2 is 1.86 bits per heavy atom. The summed E-state index contributed by atoms with van der Waals surface area (Å²) < 4.78 is 0. The van der Waals surface area contributed by atoms with Crippen LogP contribution in [0.3, 0.4) is 0 Å². The largest absolute Gasteiger partial charge is 0.393 e. The molecule has 0 rings (SSSR count). The van der Waals surface area contributed by atoms with Crippen molar-refractivity contribution in [1.82, 2.24) is 5.32 Å². The Balaban J connectivity index is 3.27. The summed E-state index contributed by atoms with van der Waals surface area (Å²) in [4.78, 5) is 0. The van der Waals surface area contributed by atoms with Gasteiger partial charge in [0.05, 0.1) is 6.10 Å². The average molecular weight is 201 g/mol. The molecule has 0 aliphatic heterocycles.